The fraction of sp³-hybridized carbons (Fsp3) is 0.200. The zero-order chi connectivity index (χ0) is 15.6. The van der Waals surface area contributed by atoms with E-state index in [1.165, 1.54) is 28.0 Å². The highest BCUT2D eigenvalue weighted by Crippen LogP contribution is 2.24. The summed E-state index contributed by atoms with van der Waals surface area (Å²) in [7, 11) is 0. The van der Waals surface area contributed by atoms with E-state index in [1.54, 1.807) is 0 Å². The topological polar surface area (TPSA) is 30.7 Å². The molecule has 3 heteroatoms. The number of fused-ring (bicyclic) bond motifs is 2. The van der Waals surface area contributed by atoms with E-state index in [0.29, 0.717) is 0 Å². The van der Waals surface area contributed by atoms with Crippen LogP contribution >= 0.6 is 0 Å². The minimum absolute atomic E-state index is 0.995. The lowest BCUT2D eigenvalue weighted by Crippen LogP contribution is -1.94. The van der Waals surface area contributed by atoms with Gasteiger partial charge in [-0.3, -0.25) is 0 Å². The maximum atomic E-state index is 4.28. The van der Waals surface area contributed by atoms with E-state index in [4.69, 9.17) is 0 Å². The minimum Gasteiger partial charge on any atom is -0.220 e. The Labute approximate surface area is 135 Å². The molecule has 0 aliphatic heterocycles. The van der Waals surface area contributed by atoms with Crippen LogP contribution in [0.25, 0.3) is 27.2 Å². The van der Waals surface area contributed by atoms with Gasteiger partial charge in [0, 0.05) is 0 Å². The molecule has 0 unspecified atom stereocenters. The molecule has 0 saturated carbocycles. The van der Waals surface area contributed by atoms with Crippen LogP contribution in [0.5, 0.6) is 0 Å². The molecular weight excluding hydrogens is 282 g/mol. The van der Waals surface area contributed by atoms with Crippen LogP contribution < -0.4 is 0 Å². The summed E-state index contributed by atoms with van der Waals surface area (Å²) in [6.45, 7) is 2.19. The molecule has 1 aromatic heterocycles. The molecular formula is C20H19N3. The predicted molar refractivity (Wildman–Crippen MR) is 95.0 cm³/mol. The van der Waals surface area contributed by atoms with Crippen molar-refractivity contribution in [1.29, 1.82) is 0 Å². The lowest BCUT2D eigenvalue weighted by atomic mass is 10.0. The molecule has 114 valence electrons. The summed E-state index contributed by atoms with van der Waals surface area (Å²) < 4.78 is 1.87. The zero-order valence-electron chi connectivity index (χ0n) is 13.2. The Bertz CT molecular complexity index is 969. The molecule has 0 saturated heterocycles. The first kappa shape index (κ1) is 13.9. The second-order valence-corrected chi connectivity index (χ2v) is 5.99. The number of benzene rings is 3. The molecule has 0 amide bonds. The zero-order valence-corrected chi connectivity index (χ0v) is 13.2. The molecule has 0 atom stereocenters. The van der Waals surface area contributed by atoms with Gasteiger partial charge in [0.05, 0.1) is 17.6 Å². The third-order valence-electron chi connectivity index (χ3n) is 4.28. The molecule has 0 bridgehead atoms. The van der Waals surface area contributed by atoms with E-state index in [9.17, 15) is 0 Å². The van der Waals surface area contributed by atoms with Crippen LogP contribution in [0.1, 0.15) is 25.5 Å². The van der Waals surface area contributed by atoms with E-state index in [2.05, 4.69) is 71.8 Å². The first-order valence-corrected chi connectivity index (χ1v) is 8.17. The molecule has 3 nitrogen and oxygen atoms in total. The summed E-state index contributed by atoms with van der Waals surface area (Å²) in [4.78, 5) is 0. The highest BCUT2D eigenvalue weighted by molar-refractivity contribution is 5.98. The summed E-state index contributed by atoms with van der Waals surface area (Å²) >= 11 is 0. The Kier molecular flexibility index (Phi) is 3.54. The fourth-order valence-corrected chi connectivity index (χ4v) is 2.97. The van der Waals surface area contributed by atoms with Crippen molar-refractivity contribution in [2.24, 2.45) is 0 Å². The molecule has 0 radical (unpaired) electrons. The van der Waals surface area contributed by atoms with Crippen LogP contribution in [0.2, 0.25) is 0 Å². The van der Waals surface area contributed by atoms with Gasteiger partial charge in [-0.1, -0.05) is 48.9 Å². The maximum Gasteiger partial charge on any atom is 0.0831 e. The maximum absolute atomic E-state index is 4.28. The van der Waals surface area contributed by atoms with Crippen molar-refractivity contribution in [3.8, 4) is 5.69 Å². The molecule has 3 aromatic carbocycles. The van der Waals surface area contributed by atoms with Crippen LogP contribution in [0, 0.1) is 0 Å². The van der Waals surface area contributed by atoms with Crippen molar-refractivity contribution in [1.82, 2.24) is 15.0 Å². The summed E-state index contributed by atoms with van der Waals surface area (Å²) in [6, 6.07) is 19.4. The lowest BCUT2D eigenvalue weighted by molar-refractivity contribution is 0.761. The third-order valence-corrected chi connectivity index (χ3v) is 4.28. The van der Waals surface area contributed by atoms with Gasteiger partial charge in [0.2, 0.25) is 0 Å². The van der Waals surface area contributed by atoms with Crippen LogP contribution in [-0.2, 0) is 6.42 Å². The van der Waals surface area contributed by atoms with Crippen molar-refractivity contribution in [2.75, 3.05) is 0 Å². The smallest absolute Gasteiger partial charge is 0.0831 e. The minimum atomic E-state index is 0.995. The number of hydrogen-bond acceptors (Lipinski definition) is 2. The van der Waals surface area contributed by atoms with E-state index in [0.717, 1.165) is 24.2 Å². The first-order chi connectivity index (χ1) is 11.3. The monoisotopic (exact) mass is 301 g/mol. The van der Waals surface area contributed by atoms with Crippen molar-refractivity contribution in [3.05, 3.63) is 66.5 Å². The average Bonchev–Trinajstić information content (AvgIpc) is 3.06. The number of aryl methyl sites for hydroxylation is 1. The Morgan fingerprint density at radius 1 is 0.870 bits per heavy atom. The summed E-state index contributed by atoms with van der Waals surface area (Å²) in [5.74, 6) is 0. The summed E-state index contributed by atoms with van der Waals surface area (Å²) in [6.07, 6.45) is 5.37. The molecule has 0 spiro atoms. The molecule has 4 aromatic rings. The van der Waals surface area contributed by atoms with Gasteiger partial charge in [0.15, 0.2) is 0 Å². The van der Waals surface area contributed by atoms with Crippen LogP contribution in [0.3, 0.4) is 0 Å². The van der Waals surface area contributed by atoms with E-state index >= 15 is 0 Å². The van der Waals surface area contributed by atoms with Gasteiger partial charge in [0.25, 0.3) is 0 Å². The van der Waals surface area contributed by atoms with Gasteiger partial charge in [-0.2, -0.15) is 0 Å². The van der Waals surface area contributed by atoms with Crippen molar-refractivity contribution in [2.45, 2.75) is 26.2 Å². The van der Waals surface area contributed by atoms with Crippen molar-refractivity contribution < 1.29 is 0 Å². The number of aromatic nitrogens is 3. The normalized spacial score (nSPS) is 11.3. The Hall–Kier alpha value is -2.68. The van der Waals surface area contributed by atoms with Crippen molar-refractivity contribution >= 4 is 21.5 Å². The van der Waals surface area contributed by atoms with Gasteiger partial charge in [-0.15, -0.1) is 5.10 Å². The quantitative estimate of drug-likeness (QED) is 0.501. The fourth-order valence-electron chi connectivity index (χ4n) is 2.97. The molecule has 1 heterocycles. The molecule has 0 aliphatic carbocycles. The second-order valence-electron chi connectivity index (χ2n) is 5.99. The lowest BCUT2D eigenvalue weighted by Gasteiger charge is -2.05. The SMILES string of the molecule is CCCCc1cn(-c2ccc3cc4ccccc4cc3c2)nn1. The van der Waals surface area contributed by atoms with Crippen LogP contribution in [0.4, 0.5) is 0 Å². The van der Waals surface area contributed by atoms with E-state index in [1.807, 2.05) is 10.9 Å². The molecule has 4 rings (SSSR count). The third kappa shape index (κ3) is 2.70. The van der Waals surface area contributed by atoms with E-state index < -0.39 is 0 Å². The highest BCUT2D eigenvalue weighted by Gasteiger charge is 2.04. The number of hydrogen-bond donors (Lipinski definition) is 0. The Balaban J connectivity index is 1.75. The van der Waals surface area contributed by atoms with Gasteiger partial charge in [-0.05, 0) is 58.7 Å². The number of unbranched alkanes of at least 4 members (excludes halogenated alkanes) is 1. The molecule has 0 N–H and O–H groups in total. The van der Waals surface area contributed by atoms with Gasteiger partial charge >= 0.3 is 0 Å². The Morgan fingerprint density at radius 2 is 1.61 bits per heavy atom. The van der Waals surface area contributed by atoms with Gasteiger partial charge in [-0.25, -0.2) is 4.68 Å². The first-order valence-electron chi connectivity index (χ1n) is 8.17. The molecule has 0 aliphatic rings. The predicted octanol–water partition coefficient (Wildman–Crippen LogP) is 4.92. The van der Waals surface area contributed by atoms with Crippen molar-refractivity contribution in [3.63, 3.8) is 0 Å². The number of nitrogens with zero attached hydrogens (tertiary/aromatic N) is 3. The number of rotatable bonds is 4. The van der Waals surface area contributed by atoms with Gasteiger partial charge in [0.1, 0.15) is 0 Å². The van der Waals surface area contributed by atoms with Gasteiger partial charge < -0.3 is 0 Å². The summed E-state index contributed by atoms with van der Waals surface area (Å²) in [5.41, 5.74) is 2.12. The van der Waals surface area contributed by atoms with Crippen LogP contribution in [0.15, 0.2) is 60.8 Å². The molecule has 23 heavy (non-hydrogen) atoms. The van der Waals surface area contributed by atoms with Crippen LogP contribution in [-0.4, -0.2) is 15.0 Å². The standard InChI is InChI=1S/C20H19N3/c1-2-3-8-19-14-23(22-21-19)20-10-9-17-11-15-6-4-5-7-16(15)12-18(17)13-20/h4-7,9-14H,2-3,8H2,1H3. The summed E-state index contributed by atoms with van der Waals surface area (Å²) in [5, 5.41) is 13.6. The second kappa shape index (κ2) is 5.84. The average molecular weight is 301 g/mol. The Morgan fingerprint density at radius 3 is 2.39 bits per heavy atom. The van der Waals surface area contributed by atoms with E-state index in [-0.39, 0.29) is 0 Å². The highest BCUT2D eigenvalue weighted by atomic mass is 15.4. The molecule has 0 fully saturated rings. The largest absolute Gasteiger partial charge is 0.220 e.